The first-order valence-electron chi connectivity index (χ1n) is 6.27. The van der Waals surface area contributed by atoms with Crippen LogP contribution in [0, 0.1) is 17.1 Å². The predicted molar refractivity (Wildman–Crippen MR) is 72.3 cm³/mol. The third-order valence-corrected chi connectivity index (χ3v) is 2.77. The normalized spacial score (nSPS) is 11.7. The van der Waals surface area contributed by atoms with E-state index in [9.17, 15) is 9.18 Å². The maximum Gasteiger partial charge on any atom is 0.236 e. The summed E-state index contributed by atoms with van der Waals surface area (Å²) >= 11 is 0. The number of rotatable bonds is 7. The fourth-order valence-corrected chi connectivity index (χ4v) is 1.56. The second-order valence-corrected chi connectivity index (χ2v) is 4.30. The number of nitrogens with zero attached hydrogens (tertiary/aromatic N) is 1. The molecule has 0 aliphatic rings. The molecule has 6 heteroatoms. The molecule has 20 heavy (non-hydrogen) atoms. The van der Waals surface area contributed by atoms with Gasteiger partial charge in [-0.25, -0.2) is 4.39 Å². The molecule has 0 heterocycles. The van der Waals surface area contributed by atoms with E-state index in [1.165, 1.54) is 18.2 Å². The topological polar surface area (TPSA) is 74.2 Å². The van der Waals surface area contributed by atoms with Crippen LogP contribution in [-0.2, 0) is 16.1 Å². The Hall–Kier alpha value is -1.97. The number of benzene rings is 1. The molecule has 0 aromatic heterocycles. The number of carbonyl (C=O) groups excluding carboxylic acids is 1. The second-order valence-electron chi connectivity index (χ2n) is 4.30. The van der Waals surface area contributed by atoms with Gasteiger partial charge < -0.3 is 15.4 Å². The van der Waals surface area contributed by atoms with Gasteiger partial charge in [0.15, 0.2) is 0 Å². The molecule has 0 aliphatic heterocycles. The molecule has 1 rings (SSSR count). The molecular weight excluding hydrogens is 261 g/mol. The summed E-state index contributed by atoms with van der Waals surface area (Å²) in [6.45, 7) is 2.74. The molecule has 0 bridgehead atoms. The minimum absolute atomic E-state index is 0.181. The number of carbonyl (C=O) groups is 1. The zero-order valence-corrected chi connectivity index (χ0v) is 11.6. The Morgan fingerprint density at radius 3 is 2.95 bits per heavy atom. The van der Waals surface area contributed by atoms with E-state index in [4.69, 9.17) is 10.00 Å². The number of methoxy groups -OCH3 is 1. The van der Waals surface area contributed by atoms with Crippen molar-refractivity contribution in [1.29, 1.82) is 5.26 Å². The lowest BCUT2D eigenvalue weighted by Gasteiger charge is -2.14. The Kier molecular flexibility index (Phi) is 6.64. The number of hydrogen-bond donors (Lipinski definition) is 2. The van der Waals surface area contributed by atoms with Crippen molar-refractivity contribution in [2.24, 2.45) is 0 Å². The van der Waals surface area contributed by atoms with E-state index in [0.717, 1.165) is 0 Å². The van der Waals surface area contributed by atoms with E-state index < -0.39 is 11.9 Å². The van der Waals surface area contributed by atoms with Crippen LogP contribution >= 0.6 is 0 Å². The molecular formula is C14H18FN3O2. The van der Waals surface area contributed by atoms with Crippen LogP contribution in [0.1, 0.15) is 18.1 Å². The first-order valence-corrected chi connectivity index (χ1v) is 6.27. The molecule has 1 atom stereocenters. The molecule has 0 saturated heterocycles. The Morgan fingerprint density at radius 2 is 2.30 bits per heavy atom. The number of amides is 1. The maximum atomic E-state index is 13.5. The monoisotopic (exact) mass is 279 g/mol. The summed E-state index contributed by atoms with van der Waals surface area (Å²) in [6, 6.07) is 5.63. The van der Waals surface area contributed by atoms with Gasteiger partial charge in [0.2, 0.25) is 5.91 Å². The molecule has 0 saturated carbocycles. The number of halogens is 1. The van der Waals surface area contributed by atoms with Crippen LogP contribution in [0.25, 0.3) is 0 Å². The van der Waals surface area contributed by atoms with Gasteiger partial charge in [-0.15, -0.1) is 0 Å². The van der Waals surface area contributed by atoms with Gasteiger partial charge >= 0.3 is 0 Å². The average Bonchev–Trinajstić information content (AvgIpc) is 2.46. The molecule has 0 radical (unpaired) electrons. The molecule has 1 unspecified atom stereocenters. The van der Waals surface area contributed by atoms with Crippen LogP contribution in [0.5, 0.6) is 0 Å². The molecule has 0 aliphatic carbocycles. The molecule has 0 spiro atoms. The molecule has 0 fully saturated rings. The van der Waals surface area contributed by atoms with Gasteiger partial charge in [0.1, 0.15) is 5.82 Å². The van der Waals surface area contributed by atoms with E-state index in [2.05, 4.69) is 10.6 Å². The Labute approximate surface area is 117 Å². The highest BCUT2D eigenvalue weighted by Crippen LogP contribution is 2.10. The van der Waals surface area contributed by atoms with Crippen LogP contribution in [0.2, 0.25) is 0 Å². The smallest absolute Gasteiger partial charge is 0.236 e. The summed E-state index contributed by atoms with van der Waals surface area (Å²) in [5, 5.41) is 14.4. The van der Waals surface area contributed by atoms with Crippen molar-refractivity contribution in [2.45, 2.75) is 19.5 Å². The zero-order chi connectivity index (χ0) is 15.0. The lowest BCUT2D eigenvalue weighted by Crippen LogP contribution is -2.42. The second kappa shape index (κ2) is 8.25. The molecule has 1 aromatic rings. The first kappa shape index (κ1) is 16.1. The van der Waals surface area contributed by atoms with Gasteiger partial charge in [-0.1, -0.05) is 0 Å². The van der Waals surface area contributed by atoms with Gasteiger partial charge in [-0.2, -0.15) is 5.26 Å². The molecule has 1 amide bonds. The molecule has 5 nitrogen and oxygen atoms in total. The third kappa shape index (κ3) is 4.96. The number of nitrogens with one attached hydrogen (secondary N) is 2. The van der Waals surface area contributed by atoms with Crippen molar-refractivity contribution in [1.82, 2.24) is 10.6 Å². The lowest BCUT2D eigenvalue weighted by molar-refractivity contribution is -0.123. The molecule has 108 valence electrons. The maximum absolute atomic E-state index is 13.5. The van der Waals surface area contributed by atoms with Gasteiger partial charge in [0.25, 0.3) is 0 Å². The van der Waals surface area contributed by atoms with E-state index >= 15 is 0 Å². The van der Waals surface area contributed by atoms with E-state index in [0.29, 0.717) is 24.3 Å². The Morgan fingerprint density at radius 1 is 1.55 bits per heavy atom. The largest absolute Gasteiger partial charge is 0.383 e. The van der Waals surface area contributed by atoms with Crippen LogP contribution in [0.15, 0.2) is 18.2 Å². The van der Waals surface area contributed by atoms with Crippen molar-refractivity contribution < 1.29 is 13.9 Å². The zero-order valence-electron chi connectivity index (χ0n) is 11.6. The van der Waals surface area contributed by atoms with Crippen molar-refractivity contribution in [3.63, 3.8) is 0 Å². The first-order chi connectivity index (χ1) is 9.58. The summed E-state index contributed by atoms with van der Waals surface area (Å²) < 4.78 is 18.4. The SMILES string of the molecule is COCCNC(=O)C(C)NCc1cc(C#N)ccc1F. The van der Waals surface area contributed by atoms with Crippen LogP contribution in [0.3, 0.4) is 0 Å². The summed E-state index contributed by atoms with van der Waals surface area (Å²) in [5.41, 5.74) is 0.751. The summed E-state index contributed by atoms with van der Waals surface area (Å²) in [5.74, 6) is -0.581. The molecule has 2 N–H and O–H groups in total. The van der Waals surface area contributed by atoms with Crippen molar-refractivity contribution >= 4 is 5.91 Å². The highest BCUT2D eigenvalue weighted by Gasteiger charge is 2.12. The van der Waals surface area contributed by atoms with Gasteiger partial charge in [-0.05, 0) is 25.1 Å². The molecule has 1 aromatic carbocycles. The Bertz CT molecular complexity index is 500. The van der Waals surface area contributed by atoms with Crippen molar-refractivity contribution in [2.75, 3.05) is 20.3 Å². The van der Waals surface area contributed by atoms with E-state index in [-0.39, 0.29) is 12.5 Å². The summed E-state index contributed by atoms with van der Waals surface area (Å²) in [4.78, 5) is 11.7. The van der Waals surface area contributed by atoms with Gasteiger partial charge in [-0.3, -0.25) is 4.79 Å². The van der Waals surface area contributed by atoms with Crippen molar-refractivity contribution in [3.8, 4) is 6.07 Å². The van der Waals surface area contributed by atoms with E-state index in [1.807, 2.05) is 6.07 Å². The minimum atomic E-state index is -0.461. The third-order valence-electron chi connectivity index (χ3n) is 2.77. The highest BCUT2D eigenvalue weighted by molar-refractivity contribution is 5.81. The average molecular weight is 279 g/mol. The fourth-order valence-electron chi connectivity index (χ4n) is 1.56. The van der Waals surface area contributed by atoms with Crippen LogP contribution in [0.4, 0.5) is 4.39 Å². The quantitative estimate of drug-likeness (QED) is 0.728. The van der Waals surface area contributed by atoms with E-state index in [1.54, 1.807) is 14.0 Å². The van der Waals surface area contributed by atoms with Gasteiger partial charge in [0.05, 0.1) is 24.3 Å². The highest BCUT2D eigenvalue weighted by atomic mass is 19.1. The number of ether oxygens (including phenoxy) is 1. The number of nitriles is 1. The standard InChI is InChI=1S/C14H18FN3O2/c1-10(14(19)17-5-6-20-2)18-9-12-7-11(8-16)3-4-13(12)15/h3-4,7,10,18H,5-6,9H2,1-2H3,(H,17,19). The van der Waals surface area contributed by atoms with Gasteiger partial charge in [0, 0.05) is 25.8 Å². The van der Waals surface area contributed by atoms with Crippen LogP contribution in [-0.4, -0.2) is 32.2 Å². The fraction of sp³-hybridized carbons (Fsp3) is 0.429. The summed E-state index contributed by atoms with van der Waals surface area (Å²) in [6.07, 6.45) is 0. The van der Waals surface area contributed by atoms with Crippen molar-refractivity contribution in [3.05, 3.63) is 35.1 Å². The predicted octanol–water partition coefficient (Wildman–Crippen LogP) is 0.938. The summed E-state index contributed by atoms with van der Waals surface area (Å²) in [7, 11) is 1.55. The number of hydrogen-bond acceptors (Lipinski definition) is 4. The van der Waals surface area contributed by atoms with Crippen LogP contribution < -0.4 is 10.6 Å². The lowest BCUT2D eigenvalue weighted by atomic mass is 10.1. The minimum Gasteiger partial charge on any atom is -0.383 e. The Balaban J connectivity index is 2.50.